The monoisotopic (exact) mass is 325 g/mol. The summed E-state index contributed by atoms with van der Waals surface area (Å²) < 4.78 is 31.1. The highest BCUT2D eigenvalue weighted by molar-refractivity contribution is 7.90. The first-order chi connectivity index (χ1) is 10.4. The minimum Gasteiger partial charge on any atom is -0.465 e. The third kappa shape index (κ3) is 3.03. The molecule has 1 atom stereocenters. The molecule has 1 aromatic carbocycles. The van der Waals surface area contributed by atoms with Crippen LogP contribution in [0.15, 0.2) is 41.4 Å². The first kappa shape index (κ1) is 15.8. The number of nitrogens with zero attached hydrogens (tertiary/aromatic N) is 1. The third-order valence-electron chi connectivity index (χ3n) is 3.02. The number of hydrogen-bond acceptors (Lipinski definition) is 6. The van der Waals surface area contributed by atoms with Crippen molar-refractivity contribution < 1.29 is 22.7 Å². The van der Waals surface area contributed by atoms with Crippen LogP contribution in [0, 0.1) is 0 Å². The van der Waals surface area contributed by atoms with Gasteiger partial charge in [-0.2, -0.15) is 0 Å². The van der Waals surface area contributed by atoms with E-state index in [-0.39, 0.29) is 16.5 Å². The molecule has 0 radical (unpaired) electrons. The maximum atomic E-state index is 12.3. The van der Waals surface area contributed by atoms with Crippen molar-refractivity contribution in [1.82, 2.24) is 15.2 Å². The first-order valence-electron chi connectivity index (χ1n) is 6.33. The molecule has 8 nitrogen and oxygen atoms in total. The number of hydrazine groups is 1. The molecule has 1 aliphatic rings. The summed E-state index contributed by atoms with van der Waals surface area (Å²) in [6.07, 6.45) is 3.22. The van der Waals surface area contributed by atoms with Gasteiger partial charge in [0.15, 0.2) is 0 Å². The highest BCUT2D eigenvalue weighted by Crippen LogP contribution is 2.17. The minimum absolute atomic E-state index is 0.147. The van der Waals surface area contributed by atoms with Gasteiger partial charge >= 0.3 is 12.0 Å². The van der Waals surface area contributed by atoms with Gasteiger partial charge in [0.2, 0.25) is 0 Å². The van der Waals surface area contributed by atoms with Crippen LogP contribution >= 0.6 is 0 Å². The molecule has 1 aliphatic heterocycles. The molecule has 0 saturated carbocycles. The number of carbonyl (C=O) groups is 2. The molecule has 9 heteroatoms. The summed E-state index contributed by atoms with van der Waals surface area (Å²) >= 11 is 0. The molecule has 2 N–H and O–H groups in total. The summed E-state index contributed by atoms with van der Waals surface area (Å²) in [4.78, 5) is 23.3. The lowest BCUT2D eigenvalue weighted by Gasteiger charge is -2.22. The van der Waals surface area contributed by atoms with Crippen molar-refractivity contribution in [3.05, 3.63) is 42.1 Å². The predicted octanol–water partition coefficient (Wildman–Crippen LogP) is 0.594. The Balaban J connectivity index is 2.28. The predicted molar refractivity (Wildman–Crippen MR) is 77.1 cm³/mol. The summed E-state index contributed by atoms with van der Waals surface area (Å²) in [6, 6.07) is 4.33. The smallest absolute Gasteiger partial charge is 0.350 e. The Morgan fingerprint density at radius 2 is 2.00 bits per heavy atom. The fourth-order valence-corrected chi connectivity index (χ4v) is 3.05. The lowest BCUT2D eigenvalue weighted by atomic mass is 10.2. The van der Waals surface area contributed by atoms with Crippen LogP contribution in [0.5, 0.6) is 0 Å². The van der Waals surface area contributed by atoms with Gasteiger partial charge in [0, 0.05) is 6.20 Å². The normalized spacial score (nSPS) is 17.0. The molecule has 0 aromatic heterocycles. The van der Waals surface area contributed by atoms with Crippen LogP contribution in [-0.4, -0.2) is 38.6 Å². The Morgan fingerprint density at radius 3 is 2.59 bits per heavy atom. The Kier molecular flexibility index (Phi) is 4.36. The van der Waals surface area contributed by atoms with Gasteiger partial charge in [-0.1, -0.05) is 12.1 Å². The Bertz CT molecular complexity index is 729. The number of esters is 1. The van der Waals surface area contributed by atoms with Crippen molar-refractivity contribution in [2.45, 2.75) is 17.9 Å². The SMILES string of the molecule is COC(=O)c1ccccc1S(=O)(=O)NC(=O)N1NC=CC1C. The number of nitrogens with one attached hydrogen (secondary N) is 2. The number of amides is 2. The van der Waals surface area contributed by atoms with Crippen LogP contribution in [0.4, 0.5) is 4.79 Å². The second kappa shape index (κ2) is 6.06. The lowest BCUT2D eigenvalue weighted by molar-refractivity contribution is 0.0596. The van der Waals surface area contributed by atoms with E-state index in [9.17, 15) is 18.0 Å². The van der Waals surface area contributed by atoms with E-state index in [2.05, 4.69) is 10.2 Å². The molecular formula is C13H15N3O5S. The van der Waals surface area contributed by atoms with Crippen molar-refractivity contribution in [3.63, 3.8) is 0 Å². The molecule has 2 rings (SSSR count). The van der Waals surface area contributed by atoms with E-state index in [4.69, 9.17) is 0 Å². The maximum absolute atomic E-state index is 12.3. The maximum Gasteiger partial charge on any atom is 0.350 e. The largest absolute Gasteiger partial charge is 0.465 e. The van der Waals surface area contributed by atoms with E-state index in [1.54, 1.807) is 13.0 Å². The summed E-state index contributed by atoms with van der Waals surface area (Å²) in [7, 11) is -3.07. The average molecular weight is 325 g/mol. The van der Waals surface area contributed by atoms with Crippen LogP contribution < -0.4 is 10.1 Å². The molecule has 0 saturated heterocycles. The number of benzene rings is 1. The quantitative estimate of drug-likeness (QED) is 0.788. The van der Waals surface area contributed by atoms with Crippen LogP contribution in [0.1, 0.15) is 17.3 Å². The van der Waals surface area contributed by atoms with Gasteiger partial charge in [-0.05, 0) is 25.1 Å². The minimum atomic E-state index is -4.22. The second-order valence-electron chi connectivity index (χ2n) is 4.50. The van der Waals surface area contributed by atoms with Gasteiger partial charge in [0.1, 0.15) is 4.90 Å². The molecule has 22 heavy (non-hydrogen) atoms. The van der Waals surface area contributed by atoms with Crippen molar-refractivity contribution >= 4 is 22.0 Å². The molecule has 1 aromatic rings. The average Bonchev–Trinajstić information content (AvgIpc) is 2.92. The number of carbonyl (C=O) groups excluding carboxylic acids is 2. The van der Waals surface area contributed by atoms with Gasteiger partial charge in [-0.3, -0.25) is 0 Å². The van der Waals surface area contributed by atoms with Crippen molar-refractivity contribution in [1.29, 1.82) is 0 Å². The fraction of sp³-hybridized carbons (Fsp3) is 0.231. The van der Waals surface area contributed by atoms with Gasteiger partial charge in [-0.25, -0.2) is 27.7 Å². The van der Waals surface area contributed by atoms with E-state index in [1.165, 1.54) is 30.5 Å². The van der Waals surface area contributed by atoms with Crippen molar-refractivity contribution in [2.75, 3.05) is 7.11 Å². The van der Waals surface area contributed by atoms with E-state index in [0.717, 1.165) is 12.1 Å². The van der Waals surface area contributed by atoms with E-state index < -0.39 is 22.0 Å². The molecule has 1 heterocycles. The van der Waals surface area contributed by atoms with Gasteiger partial charge in [-0.15, -0.1) is 0 Å². The molecule has 0 bridgehead atoms. The van der Waals surface area contributed by atoms with Crippen molar-refractivity contribution in [2.24, 2.45) is 0 Å². The topological polar surface area (TPSA) is 105 Å². The van der Waals surface area contributed by atoms with Crippen molar-refractivity contribution in [3.8, 4) is 0 Å². The zero-order valence-corrected chi connectivity index (χ0v) is 12.8. The Hall–Kier alpha value is -2.55. The van der Waals surface area contributed by atoms with E-state index in [0.29, 0.717) is 0 Å². The zero-order valence-electron chi connectivity index (χ0n) is 11.9. The molecule has 2 amide bonds. The van der Waals surface area contributed by atoms with Crippen LogP contribution in [0.2, 0.25) is 0 Å². The summed E-state index contributed by atoms with van der Waals surface area (Å²) in [5, 5.41) is 1.11. The number of hydrogen-bond donors (Lipinski definition) is 2. The van der Waals surface area contributed by atoms with Crippen LogP contribution in [0.3, 0.4) is 0 Å². The molecule has 0 fully saturated rings. The number of urea groups is 1. The summed E-state index contributed by atoms with van der Waals surface area (Å²) in [6.45, 7) is 1.71. The Labute approximate surface area is 127 Å². The standard InChI is InChI=1S/C13H15N3O5S/c1-9-7-8-14-16(9)13(18)15-22(19,20)11-6-4-3-5-10(11)12(17)21-2/h3-9,14H,1-2H3,(H,15,18). The molecular weight excluding hydrogens is 310 g/mol. The Morgan fingerprint density at radius 1 is 1.32 bits per heavy atom. The third-order valence-corrected chi connectivity index (χ3v) is 4.40. The molecule has 1 unspecified atom stereocenters. The number of sulfonamides is 1. The zero-order chi connectivity index (χ0) is 16.3. The highest BCUT2D eigenvalue weighted by Gasteiger charge is 2.29. The van der Waals surface area contributed by atoms with Gasteiger partial charge in [0.25, 0.3) is 10.0 Å². The molecule has 118 valence electrons. The first-order valence-corrected chi connectivity index (χ1v) is 7.81. The lowest BCUT2D eigenvalue weighted by Crippen LogP contribution is -2.49. The summed E-state index contributed by atoms with van der Waals surface area (Å²) in [5.74, 6) is -0.803. The fourth-order valence-electron chi connectivity index (χ4n) is 1.91. The van der Waals surface area contributed by atoms with Gasteiger partial charge in [0.05, 0.1) is 18.7 Å². The second-order valence-corrected chi connectivity index (χ2v) is 6.15. The van der Waals surface area contributed by atoms with E-state index >= 15 is 0 Å². The van der Waals surface area contributed by atoms with Gasteiger partial charge < -0.3 is 10.2 Å². The van der Waals surface area contributed by atoms with E-state index in [1.807, 2.05) is 4.72 Å². The summed E-state index contributed by atoms with van der Waals surface area (Å²) in [5.41, 5.74) is 2.47. The number of ether oxygens (including phenoxy) is 1. The molecule has 0 spiro atoms. The highest BCUT2D eigenvalue weighted by atomic mass is 32.2. The number of methoxy groups -OCH3 is 1. The van der Waals surface area contributed by atoms with Crippen LogP contribution in [0.25, 0.3) is 0 Å². The molecule has 0 aliphatic carbocycles. The van der Waals surface area contributed by atoms with Crippen LogP contribution in [-0.2, 0) is 14.8 Å². The number of rotatable bonds is 3.